The van der Waals surface area contributed by atoms with Gasteiger partial charge in [-0.3, -0.25) is 4.79 Å². The minimum Gasteiger partial charge on any atom is -0.504 e. The van der Waals surface area contributed by atoms with Crippen LogP contribution in [-0.4, -0.2) is 40.7 Å². The molecule has 4 N–H and O–H groups in total. The highest BCUT2D eigenvalue weighted by Crippen LogP contribution is 2.30. The van der Waals surface area contributed by atoms with E-state index < -0.39 is 0 Å². The molecule has 1 aromatic carbocycles. The van der Waals surface area contributed by atoms with Gasteiger partial charge in [0.05, 0.1) is 5.56 Å². The smallest absolute Gasteiger partial charge is 0.257 e. The van der Waals surface area contributed by atoms with Crippen LogP contribution in [0.3, 0.4) is 0 Å². The number of rotatable bonds is 2. The molecule has 0 atom stereocenters. The Kier molecular flexibility index (Phi) is 2.70. The number of nitrogens with zero attached hydrogens (tertiary/aromatic N) is 1. The van der Waals surface area contributed by atoms with E-state index in [1.807, 2.05) is 0 Å². The first-order valence-electron chi connectivity index (χ1n) is 5.13. The largest absolute Gasteiger partial charge is 0.504 e. The standard InChI is InChI=1S/C11H14N2O3/c12-4-7-5-13(6-7)11(16)8-2-1-3-9(14)10(8)15/h1-3,7,14-15H,4-6,12H2. The van der Waals surface area contributed by atoms with E-state index in [4.69, 9.17) is 5.73 Å². The third-order valence-corrected chi connectivity index (χ3v) is 2.82. The van der Waals surface area contributed by atoms with Crippen LogP contribution >= 0.6 is 0 Å². The van der Waals surface area contributed by atoms with Crippen LogP contribution in [0, 0.1) is 5.92 Å². The highest BCUT2D eigenvalue weighted by Gasteiger charge is 2.31. The Hall–Kier alpha value is -1.75. The quantitative estimate of drug-likeness (QED) is 0.621. The van der Waals surface area contributed by atoms with E-state index in [-0.39, 0.29) is 23.0 Å². The molecule has 0 spiro atoms. The number of phenolic OH excluding ortho intramolecular Hbond substituents is 2. The summed E-state index contributed by atoms with van der Waals surface area (Å²) < 4.78 is 0. The van der Waals surface area contributed by atoms with E-state index in [0.717, 1.165) is 0 Å². The number of aromatic hydroxyl groups is 2. The summed E-state index contributed by atoms with van der Waals surface area (Å²) in [5.74, 6) is -0.549. The number of amides is 1. The lowest BCUT2D eigenvalue weighted by Crippen LogP contribution is -2.52. The number of likely N-dealkylation sites (tertiary alicyclic amines) is 1. The number of hydrogen-bond donors (Lipinski definition) is 3. The van der Waals surface area contributed by atoms with Gasteiger partial charge in [-0.25, -0.2) is 0 Å². The number of para-hydroxylation sites is 1. The Labute approximate surface area is 93.1 Å². The van der Waals surface area contributed by atoms with Gasteiger partial charge in [-0.1, -0.05) is 6.07 Å². The van der Waals surface area contributed by atoms with Crippen molar-refractivity contribution in [2.24, 2.45) is 11.7 Å². The highest BCUT2D eigenvalue weighted by atomic mass is 16.3. The maximum atomic E-state index is 11.9. The molecule has 2 rings (SSSR count). The van der Waals surface area contributed by atoms with Crippen molar-refractivity contribution in [3.8, 4) is 11.5 Å². The summed E-state index contributed by atoms with van der Waals surface area (Å²) >= 11 is 0. The Morgan fingerprint density at radius 1 is 1.44 bits per heavy atom. The number of phenols is 2. The van der Waals surface area contributed by atoms with Gasteiger partial charge >= 0.3 is 0 Å². The number of carbonyl (C=O) groups is 1. The highest BCUT2D eigenvalue weighted by molar-refractivity contribution is 5.98. The molecule has 1 fully saturated rings. The maximum Gasteiger partial charge on any atom is 0.257 e. The number of nitrogens with two attached hydrogens (primary N) is 1. The first-order valence-corrected chi connectivity index (χ1v) is 5.13. The normalized spacial score (nSPS) is 15.9. The Bertz CT molecular complexity index is 414. The van der Waals surface area contributed by atoms with E-state index in [2.05, 4.69) is 0 Å². The molecular weight excluding hydrogens is 208 g/mol. The fourth-order valence-electron chi connectivity index (χ4n) is 1.76. The molecular formula is C11H14N2O3. The average Bonchev–Trinajstić information content (AvgIpc) is 2.20. The van der Waals surface area contributed by atoms with Gasteiger partial charge in [0.2, 0.25) is 0 Å². The van der Waals surface area contributed by atoms with Crippen molar-refractivity contribution in [3.63, 3.8) is 0 Å². The fraction of sp³-hybridized carbons (Fsp3) is 0.364. The fourth-order valence-corrected chi connectivity index (χ4v) is 1.76. The SMILES string of the molecule is NCC1CN(C(=O)c2cccc(O)c2O)C1. The van der Waals surface area contributed by atoms with Gasteiger partial charge in [-0.15, -0.1) is 0 Å². The summed E-state index contributed by atoms with van der Waals surface area (Å²) in [5, 5.41) is 18.8. The molecule has 0 bridgehead atoms. The van der Waals surface area contributed by atoms with Gasteiger partial charge in [0.1, 0.15) is 0 Å². The van der Waals surface area contributed by atoms with Crippen molar-refractivity contribution in [1.82, 2.24) is 4.90 Å². The minimum atomic E-state index is -0.358. The molecule has 0 saturated carbocycles. The first kappa shape index (κ1) is 10.8. The van der Waals surface area contributed by atoms with Crippen LogP contribution in [0.15, 0.2) is 18.2 Å². The van der Waals surface area contributed by atoms with Crippen molar-refractivity contribution in [2.75, 3.05) is 19.6 Å². The first-order chi connectivity index (χ1) is 7.63. The second kappa shape index (κ2) is 4.02. The summed E-state index contributed by atoms with van der Waals surface area (Å²) in [6.45, 7) is 1.80. The van der Waals surface area contributed by atoms with Crippen LogP contribution < -0.4 is 5.73 Å². The second-order valence-electron chi connectivity index (χ2n) is 3.99. The van der Waals surface area contributed by atoms with Crippen molar-refractivity contribution in [2.45, 2.75) is 0 Å². The Morgan fingerprint density at radius 3 is 2.75 bits per heavy atom. The second-order valence-corrected chi connectivity index (χ2v) is 3.99. The lowest BCUT2D eigenvalue weighted by Gasteiger charge is -2.38. The third-order valence-electron chi connectivity index (χ3n) is 2.82. The number of benzene rings is 1. The molecule has 1 saturated heterocycles. The van der Waals surface area contributed by atoms with Crippen molar-refractivity contribution >= 4 is 5.91 Å². The molecule has 5 heteroatoms. The Balaban J connectivity index is 2.13. The van der Waals surface area contributed by atoms with E-state index in [1.54, 1.807) is 4.90 Å². The topological polar surface area (TPSA) is 86.8 Å². The molecule has 5 nitrogen and oxygen atoms in total. The Morgan fingerprint density at radius 2 is 2.12 bits per heavy atom. The molecule has 1 aromatic rings. The molecule has 1 heterocycles. The molecule has 1 amide bonds. The maximum absolute atomic E-state index is 11.9. The van der Waals surface area contributed by atoms with E-state index in [1.165, 1.54) is 18.2 Å². The lowest BCUT2D eigenvalue weighted by molar-refractivity contribution is 0.0512. The number of carbonyl (C=O) groups excluding carboxylic acids is 1. The predicted molar refractivity (Wildman–Crippen MR) is 58.2 cm³/mol. The van der Waals surface area contributed by atoms with Gasteiger partial charge in [-0.05, 0) is 18.7 Å². The predicted octanol–water partition coefficient (Wildman–Crippen LogP) is 0.128. The van der Waals surface area contributed by atoms with Crippen LogP contribution in [0.1, 0.15) is 10.4 Å². The summed E-state index contributed by atoms with van der Waals surface area (Å²) in [6, 6.07) is 4.36. The van der Waals surface area contributed by atoms with E-state index in [0.29, 0.717) is 25.6 Å². The number of hydrogen-bond acceptors (Lipinski definition) is 4. The van der Waals surface area contributed by atoms with Crippen LogP contribution in [0.25, 0.3) is 0 Å². The van der Waals surface area contributed by atoms with Gasteiger partial charge in [0, 0.05) is 19.0 Å². The van der Waals surface area contributed by atoms with E-state index >= 15 is 0 Å². The minimum absolute atomic E-state index is 0.135. The molecule has 16 heavy (non-hydrogen) atoms. The van der Waals surface area contributed by atoms with Gasteiger partial charge < -0.3 is 20.8 Å². The zero-order chi connectivity index (χ0) is 11.7. The summed E-state index contributed by atoms with van der Waals surface area (Å²) in [7, 11) is 0. The van der Waals surface area contributed by atoms with Crippen molar-refractivity contribution in [1.29, 1.82) is 0 Å². The summed E-state index contributed by atoms with van der Waals surface area (Å²) in [6.07, 6.45) is 0. The van der Waals surface area contributed by atoms with Crippen LogP contribution in [0.4, 0.5) is 0 Å². The molecule has 0 unspecified atom stereocenters. The van der Waals surface area contributed by atoms with Crippen molar-refractivity contribution in [3.05, 3.63) is 23.8 Å². The molecule has 86 valence electrons. The summed E-state index contributed by atoms with van der Waals surface area (Å²) in [4.78, 5) is 13.5. The van der Waals surface area contributed by atoms with Gasteiger partial charge in [0.15, 0.2) is 11.5 Å². The molecule has 0 aromatic heterocycles. The summed E-state index contributed by atoms with van der Waals surface area (Å²) in [5.41, 5.74) is 5.60. The molecule has 1 aliphatic heterocycles. The lowest BCUT2D eigenvalue weighted by atomic mass is 9.99. The molecule has 0 aliphatic carbocycles. The van der Waals surface area contributed by atoms with E-state index in [9.17, 15) is 15.0 Å². The monoisotopic (exact) mass is 222 g/mol. The van der Waals surface area contributed by atoms with Crippen LogP contribution in [0.5, 0.6) is 11.5 Å². The van der Waals surface area contributed by atoms with Crippen LogP contribution in [0.2, 0.25) is 0 Å². The van der Waals surface area contributed by atoms with Crippen molar-refractivity contribution < 1.29 is 15.0 Å². The molecule has 1 aliphatic rings. The van der Waals surface area contributed by atoms with Crippen LogP contribution in [-0.2, 0) is 0 Å². The van der Waals surface area contributed by atoms with Gasteiger partial charge in [0.25, 0.3) is 5.91 Å². The third kappa shape index (κ3) is 1.69. The zero-order valence-electron chi connectivity index (χ0n) is 8.76. The van der Waals surface area contributed by atoms with Gasteiger partial charge in [-0.2, -0.15) is 0 Å². The average molecular weight is 222 g/mol. The zero-order valence-corrected chi connectivity index (χ0v) is 8.76. The molecule has 0 radical (unpaired) electrons.